The molecule has 0 saturated carbocycles. The Morgan fingerprint density at radius 2 is 1.95 bits per heavy atom. The van der Waals surface area contributed by atoms with Crippen molar-refractivity contribution in [3.8, 4) is 0 Å². The van der Waals surface area contributed by atoms with Gasteiger partial charge in [0.1, 0.15) is 0 Å². The predicted molar refractivity (Wildman–Crippen MR) is 146 cm³/mol. The number of carbonyl (C=O) groups excluding carboxylic acids is 1. The molecule has 4 atom stereocenters. The third kappa shape index (κ3) is 4.70. The van der Waals surface area contributed by atoms with Crippen molar-refractivity contribution in [2.75, 3.05) is 11.5 Å². The number of fused-ring (bicyclic) bond motifs is 2. The second kappa shape index (κ2) is 10.1. The van der Waals surface area contributed by atoms with Gasteiger partial charge < -0.3 is 19.5 Å². The number of halogens is 1. The Kier molecular flexibility index (Phi) is 7.14. The molecule has 2 N–H and O–H groups in total. The van der Waals surface area contributed by atoms with Gasteiger partial charge >= 0.3 is 0 Å². The normalized spacial score (nSPS) is 25.3. The monoisotopic (exact) mass is 584 g/mol. The number of ether oxygens (including phenoxy) is 1. The Morgan fingerprint density at radius 1 is 1.19 bits per heavy atom. The first kappa shape index (κ1) is 26.2. The van der Waals surface area contributed by atoms with Crippen LogP contribution in [0.2, 0.25) is 18.6 Å². The average molecular weight is 586 g/mol. The number of aromatic nitrogens is 3. The van der Waals surface area contributed by atoms with E-state index in [-0.39, 0.29) is 30.1 Å². The summed E-state index contributed by atoms with van der Waals surface area (Å²) < 4.78 is 9.49. The number of aliphatic hydroxyl groups is 1. The number of anilines is 1. The Bertz CT molecular complexity index is 1280. The molecule has 5 rings (SSSR count). The van der Waals surface area contributed by atoms with Gasteiger partial charge in [0.25, 0.3) is 5.91 Å². The maximum absolute atomic E-state index is 14.3. The van der Waals surface area contributed by atoms with Gasteiger partial charge in [0.15, 0.2) is 13.9 Å². The number of carbonyl (C=O) groups is 1. The van der Waals surface area contributed by atoms with Gasteiger partial charge in [-0.25, -0.2) is 0 Å². The van der Waals surface area contributed by atoms with Crippen molar-refractivity contribution in [3.05, 3.63) is 76.0 Å². The van der Waals surface area contributed by atoms with Crippen LogP contribution in [0.15, 0.2) is 59.2 Å². The fraction of sp³-hybridized carbons (Fsp3) is 0.444. The summed E-state index contributed by atoms with van der Waals surface area (Å²) in [7, 11) is -2.74. The summed E-state index contributed by atoms with van der Waals surface area (Å²) in [6, 6.07) is 15.9. The van der Waals surface area contributed by atoms with E-state index >= 15 is 0 Å². The highest BCUT2D eigenvalue weighted by molar-refractivity contribution is 9.10. The standard InChI is InChI=1S/C27H33BrN4O4Si/c1-18-25(37(2,3)35)24(11-13-31-17-21(12-14-33)29-30-31)36-27(18)22-15-20(28)9-10-23(22)32(26(27)34)16-19-7-5-4-6-8-19/h4-10,15,17-18,24-25,33,35H,11-14,16H2,1-3H3/t18-,24+,25-,27+/m0/s1. The van der Waals surface area contributed by atoms with E-state index in [0.717, 1.165) is 27.0 Å². The summed E-state index contributed by atoms with van der Waals surface area (Å²) in [6.07, 6.45) is 2.55. The highest BCUT2D eigenvalue weighted by atomic mass is 79.9. The van der Waals surface area contributed by atoms with Gasteiger partial charge in [-0.2, -0.15) is 0 Å². The highest BCUT2D eigenvalue weighted by Crippen LogP contribution is 2.60. The van der Waals surface area contributed by atoms with Crippen molar-refractivity contribution in [1.82, 2.24) is 15.0 Å². The van der Waals surface area contributed by atoms with Gasteiger partial charge in [0, 0.05) is 47.3 Å². The Morgan fingerprint density at radius 3 is 2.65 bits per heavy atom. The van der Waals surface area contributed by atoms with E-state index in [0.29, 0.717) is 25.9 Å². The second-order valence-corrected chi connectivity index (χ2v) is 15.5. The van der Waals surface area contributed by atoms with Crippen LogP contribution in [0.4, 0.5) is 5.69 Å². The lowest BCUT2D eigenvalue weighted by molar-refractivity contribution is -0.146. The van der Waals surface area contributed by atoms with E-state index < -0.39 is 13.9 Å². The molecule has 0 unspecified atom stereocenters. The van der Waals surface area contributed by atoms with Gasteiger partial charge in [0.2, 0.25) is 0 Å². The number of rotatable bonds is 8. The molecule has 0 bridgehead atoms. The van der Waals surface area contributed by atoms with Crippen molar-refractivity contribution in [2.45, 2.75) is 63.2 Å². The number of amides is 1. The minimum absolute atomic E-state index is 0.0212. The smallest absolute Gasteiger partial charge is 0.264 e. The summed E-state index contributed by atoms with van der Waals surface area (Å²) in [5.74, 6) is -0.292. The molecule has 0 aliphatic carbocycles. The van der Waals surface area contributed by atoms with E-state index in [1.165, 1.54) is 0 Å². The van der Waals surface area contributed by atoms with Crippen LogP contribution < -0.4 is 4.90 Å². The first-order valence-corrected chi connectivity index (χ1v) is 16.5. The Hall–Kier alpha value is -2.37. The zero-order chi connectivity index (χ0) is 26.4. The van der Waals surface area contributed by atoms with Gasteiger partial charge in [-0.3, -0.25) is 9.48 Å². The second-order valence-electron chi connectivity index (χ2n) is 10.6. The largest absolute Gasteiger partial charge is 0.432 e. The maximum Gasteiger partial charge on any atom is 0.264 e. The van der Waals surface area contributed by atoms with Crippen LogP contribution in [0.5, 0.6) is 0 Å². The lowest BCUT2D eigenvalue weighted by Gasteiger charge is -2.32. The van der Waals surface area contributed by atoms with E-state index in [2.05, 4.69) is 33.2 Å². The number of nitrogens with zero attached hydrogens (tertiary/aromatic N) is 4. The molecule has 1 saturated heterocycles. The van der Waals surface area contributed by atoms with E-state index in [9.17, 15) is 14.7 Å². The van der Waals surface area contributed by atoms with E-state index in [1.807, 2.05) is 72.7 Å². The van der Waals surface area contributed by atoms with Crippen LogP contribution in [-0.4, -0.2) is 51.8 Å². The molecular weight excluding hydrogens is 552 g/mol. The highest BCUT2D eigenvalue weighted by Gasteiger charge is 2.66. The molecule has 1 spiro atoms. The molecule has 196 valence electrons. The zero-order valence-electron chi connectivity index (χ0n) is 21.3. The summed E-state index contributed by atoms with van der Waals surface area (Å²) in [4.78, 5) is 27.6. The lowest BCUT2D eigenvalue weighted by Crippen LogP contribution is -2.46. The maximum atomic E-state index is 14.3. The fourth-order valence-electron chi connectivity index (χ4n) is 6.18. The molecule has 8 nitrogen and oxygen atoms in total. The molecule has 3 aromatic rings. The zero-order valence-corrected chi connectivity index (χ0v) is 23.9. The number of hydrogen-bond acceptors (Lipinski definition) is 6. The minimum atomic E-state index is -2.74. The van der Waals surface area contributed by atoms with Gasteiger partial charge in [-0.05, 0) is 43.3 Å². The molecule has 10 heteroatoms. The van der Waals surface area contributed by atoms with Crippen molar-refractivity contribution in [3.63, 3.8) is 0 Å². The SMILES string of the molecule is C[C@H]1[C@H]([Si](C)(C)O)[C@@H](CCn2cc(CCO)nn2)O[C@]12C(=O)N(Cc1ccccc1)c1ccc(Br)cc12. The van der Waals surface area contributed by atoms with Gasteiger partial charge in [0.05, 0.1) is 24.0 Å². The Labute approximate surface area is 226 Å². The predicted octanol–water partition coefficient (Wildman–Crippen LogP) is 4.01. The quantitative estimate of drug-likeness (QED) is 0.388. The molecule has 0 radical (unpaired) electrons. The summed E-state index contributed by atoms with van der Waals surface area (Å²) in [6.45, 7) is 6.93. The molecular formula is C27H33BrN4O4Si. The van der Waals surface area contributed by atoms with Crippen LogP contribution in [0, 0.1) is 5.92 Å². The molecule has 3 heterocycles. The average Bonchev–Trinajstić information content (AvgIpc) is 3.49. The van der Waals surface area contributed by atoms with Gasteiger partial charge in [-0.15, -0.1) is 5.10 Å². The summed E-state index contributed by atoms with van der Waals surface area (Å²) in [5.41, 5.74) is 2.16. The minimum Gasteiger partial charge on any atom is -0.432 e. The third-order valence-electron chi connectivity index (χ3n) is 7.73. The third-order valence-corrected chi connectivity index (χ3v) is 10.7. The molecule has 2 aromatic carbocycles. The molecule has 1 amide bonds. The number of aryl methyl sites for hydroxylation is 1. The van der Waals surface area contributed by atoms with Crippen molar-refractivity contribution < 1.29 is 19.4 Å². The molecule has 2 aliphatic heterocycles. The number of hydrogen-bond donors (Lipinski definition) is 2. The molecule has 37 heavy (non-hydrogen) atoms. The molecule has 1 fully saturated rings. The fourth-order valence-corrected chi connectivity index (χ4v) is 9.14. The van der Waals surface area contributed by atoms with Crippen LogP contribution in [0.25, 0.3) is 0 Å². The summed E-state index contributed by atoms with van der Waals surface area (Å²) in [5, 5.41) is 17.5. The van der Waals surface area contributed by atoms with Crippen molar-refractivity contribution in [2.24, 2.45) is 5.92 Å². The number of benzene rings is 2. The van der Waals surface area contributed by atoms with Crippen LogP contribution >= 0.6 is 15.9 Å². The first-order valence-electron chi connectivity index (χ1n) is 12.7. The van der Waals surface area contributed by atoms with Crippen LogP contribution in [0.1, 0.15) is 30.2 Å². The Balaban J connectivity index is 1.50. The topological polar surface area (TPSA) is 101 Å². The van der Waals surface area contributed by atoms with Gasteiger partial charge in [-0.1, -0.05) is 58.4 Å². The van der Waals surface area contributed by atoms with E-state index in [1.54, 1.807) is 4.68 Å². The van der Waals surface area contributed by atoms with Crippen molar-refractivity contribution >= 4 is 35.8 Å². The molecule has 1 aromatic heterocycles. The lowest BCUT2D eigenvalue weighted by atomic mass is 9.82. The number of aliphatic hydroxyl groups excluding tert-OH is 1. The first-order chi connectivity index (χ1) is 17.6. The summed E-state index contributed by atoms with van der Waals surface area (Å²) >= 11 is 3.61. The van der Waals surface area contributed by atoms with E-state index in [4.69, 9.17) is 4.74 Å². The van der Waals surface area contributed by atoms with Crippen LogP contribution in [-0.2, 0) is 34.6 Å². The molecule has 2 aliphatic rings. The van der Waals surface area contributed by atoms with Crippen LogP contribution in [0.3, 0.4) is 0 Å². The van der Waals surface area contributed by atoms with Crippen molar-refractivity contribution in [1.29, 1.82) is 0 Å².